The average Bonchev–Trinajstić information content (AvgIpc) is 2.64. The number of alkyl halides is 1. The molecule has 80 valence electrons. The van der Waals surface area contributed by atoms with E-state index in [0.717, 1.165) is 11.0 Å². The third kappa shape index (κ3) is 2.25. The summed E-state index contributed by atoms with van der Waals surface area (Å²) in [5.41, 5.74) is 2.37. The van der Waals surface area contributed by atoms with Crippen LogP contribution in [0.5, 0.6) is 0 Å². The van der Waals surface area contributed by atoms with E-state index in [2.05, 4.69) is 61.1 Å². The molecule has 0 aliphatic carbocycles. The first kappa shape index (κ1) is 11.1. The van der Waals surface area contributed by atoms with Gasteiger partial charge in [-0.25, -0.2) is 5.01 Å². The molecule has 0 saturated carbocycles. The lowest BCUT2D eigenvalue weighted by Crippen LogP contribution is -2.22. The van der Waals surface area contributed by atoms with E-state index < -0.39 is 0 Å². The van der Waals surface area contributed by atoms with Crippen LogP contribution < -0.4 is 5.01 Å². The number of anilines is 1. The molecule has 0 aromatic heterocycles. The fourth-order valence-corrected chi connectivity index (χ4v) is 3.20. The van der Waals surface area contributed by atoms with Crippen LogP contribution in [0.25, 0.3) is 0 Å². The smallest absolute Gasteiger partial charge is 0.132 e. The van der Waals surface area contributed by atoms with Gasteiger partial charge >= 0.3 is 0 Å². The van der Waals surface area contributed by atoms with Gasteiger partial charge in [0.25, 0.3) is 0 Å². The Bertz CT molecular complexity index is 396. The SMILES string of the molecule is CN1CN(c2cccc(I)c2CBr)N=N1. The van der Waals surface area contributed by atoms with Crippen molar-refractivity contribution < 1.29 is 0 Å². The molecule has 0 atom stereocenters. The van der Waals surface area contributed by atoms with Crippen molar-refractivity contribution in [3.05, 3.63) is 27.3 Å². The van der Waals surface area contributed by atoms with Gasteiger partial charge in [-0.3, -0.25) is 5.01 Å². The first-order valence-corrected chi connectivity index (χ1v) is 6.66. The van der Waals surface area contributed by atoms with Gasteiger partial charge in [0.1, 0.15) is 6.67 Å². The van der Waals surface area contributed by atoms with Crippen LogP contribution in [-0.2, 0) is 5.33 Å². The van der Waals surface area contributed by atoms with Crippen LogP contribution in [-0.4, -0.2) is 18.7 Å². The van der Waals surface area contributed by atoms with E-state index >= 15 is 0 Å². The predicted octanol–water partition coefficient (Wildman–Crippen LogP) is 3.18. The van der Waals surface area contributed by atoms with E-state index in [0.29, 0.717) is 6.67 Å². The molecule has 1 aliphatic heterocycles. The Kier molecular flexibility index (Phi) is 3.45. The third-order valence-electron chi connectivity index (χ3n) is 2.15. The molecule has 0 spiro atoms. The van der Waals surface area contributed by atoms with Crippen molar-refractivity contribution in [3.8, 4) is 0 Å². The summed E-state index contributed by atoms with van der Waals surface area (Å²) in [5.74, 6) is 0. The topological polar surface area (TPSA) is 31.2 Å². The minimum atomic E-state index is 0.708. The first-order chi connectivity index (χ1) is 7.22. The molecule has 1 aromatic rings. The summed E-state index contributed by atoms with van der Waals surface area (Å²) in [5, 5.41) is 12.6. The lowest BCUT2D eigenvalue weighted by atomic mass is 10.2. The standard InChI is InChI=1S/C9H10BrIN4/c1-14-6-15(13-12-14)9-4-2-3-8(11)7(9)5-10/h2-4H,5-6H2,1H3. The molecule has 1 heterocycles. The van der Waals surface area contributed by atoms with Gasteiger partial charge in [0.2, 0.25) is 0 Å². The van der Waals surface area contributed by atoms with E-state index in [1.807, 2.05) is 18.1 Å². The molecular formula is C9H10BrIN4. The summed E-state index contributed by atoms with van der Waals surface area (Å²) in [6, 6.07) is 6.20. The predicted molar refractivity (Wildman–Crippen MR) is 71.8 cm³/mol. The fraction of sp³-hybridized carbons (Fsp3) is 0.333. The van der Waals surface area contributed by atoms with E-state index in [1.54, 1.807) is 5.01 Å². The number of nitrogens with zero attached hydrogens (tertiary/aromatic N) is 4. The Balaban J connectivity index is 2.36. The lowest BCUT2D eigenvalue weighted by Gasteiger charge is -2.17. The summed E-state index contributed by atoms with van der Waals surface area (Å²) in [4.78, 5) is 0. The molecule has 6 heteroatoms. The highest BCUT2D eigenvalue weighted by atomic mass is 127. The minimum Gasteiger partial charge on any atom is -0.258 e. The lowest BCUT2D eigenvalue weighted by molar-refractivity contribution is 0.390. The molecule has 1 aliphatic rings. The number of halogens is 2. The Morgan fingerprint density at radius 1 is 1.47 bits per heavy atom. The van der Waals surface area contributed by atoms with E-state index in [1.165, 1.54) is 9.13 Å². The maximum atomic E-state index is 4.10. The van der Waals surface area contributed by atoms with Gasteiger partial charge < -0.3 is 0 Å². The van der Waals surface area contributed by atoms with Crippen molar-refractivity contribution in [2.75, 3.05) is 18.7 Å². The maximum absolute atomic E-state index is 4.10. The second-order valence-corrected chi connectivity index (χ2v) is 4.97. The number of hydrogen-bond acceptors (Lipinski definition) is 4. The summed E-state index contributed by atoms with van der Waals surface area (Å²) >= 11 is 5.84. The maximum Gasteiger partial charge on any atom is 0.132 e. The van der Waals surface area contributed by atoms with Crippen LogP contribution in [0.4, 0.5) is 5.69 Å². The summed E-state index contributed by atoms with van der Waals surface area (Å²) in [6.07, 6.45) is 0. The number of hydrogen-bond donors (Lipinski definition) is 0. The summed E-state index contributed by atoms with van der Waals surface area (Å²) < 4.78 is 1.24. The summed E-state index contributed by atoms with van der Waals surface area (Å²) in [6.45, 7) is 0.708. The van der Waals surface area contributed by atoms with Crippen molar-refractivity contribution in [2.24, 2.45) is 10.4 Å². The van der Waals surface area contributed by atoms with Crippen LogP contribution in [0.2, 0.25) is 0 Å². The second-order valence-electron chi connectivity index (χ2n) is 3.25. The average molecular weight is 381 g/mol. The first-order valence-electron chi connectivity index (χ1n) is 4.46. The Hall–Kier alpha value is -0.370. The monoisotopic (exact) mass is 380 g/mol. The van der Waals surface area contributed by atoms with Gasteiger partial charge in [-0.05, 0) is 39.9 Å². The largest absolute Gasteiger partial charge is 0.258 e. The zero-order chi connectivity index (χ0) is 10.8. The second kappa shape index (κ2) is 4.65. The van der Waals surface area contributed by atoms with Crippen LogP contribution in [0.3, 0.4) is 0 Å². The molecule has 1 aromatic carbocycles. The molecule has 0 radical (unpaired) electrons. The van der Waals surface area contributed by atoms with Crippen LogP contribution in [0, 0.1) is 3.57 Å². The van der Waals surface area contributed by atoms with Gasteiger partial charge in [0.15, 0.2) is 0 Å². The van der Waals surface area contributed by atoms with Crippen molar-refractivity contribution in [2.45, 2.75) is 5.33 Å². The Labute approximate surface area is 111 Å². The van der Waals surface area contributed by atoms with Gasteiger partial charge in [0.05, 0.1) is 5.69 Å². The molecular weight excluding hydrogens is 371 g/mol. The molecule has 0 amide bonds. The van der Waals surface area contributed by atoms with Crippen LogP contribution >= 0.6 is 38.5 Å². The number of rotatable bonds is 2. The summed E-state index contributed by atoms with van der Waals surface area (Å²) in [7, 11) is 1.91. The molecule has 0 fully saturated rings. The quantitative estimate of drug-likeness (QED) is 0.582. The highest BCUT2D eigenvalue weighted by molar-refractivity contribution is 14.1. The van der Waals surface area contributed by atoms with Crippen LogP contribution in [0.15, 0.2) is 28.6 Å². The fourth-order valence-electron chi connectivity index (χ4n) is 1.41. The molecule has 4 nitrogen and oxygen atoms in total. The van der Waals surface area contributed by atoms with Gasteiger partial charge in [-0.1, -0.05) is 27.2 Å². The normalized spacial score (nSPS) is 15.1. The molecule has 2 rings (SSSR count). The van der Waals surface area contributed by atoms with E-state index in [9.17, 15) is 0 Å². The molecule has 0 N–H and O–H groups in total. The molecule has 0 bridgehead atoms. The van der Waals surface area contributed by atoms with Crippen molar-refractivity contribution in [3.63, 3.8) is 0 Å². The Morgan fingerprint density at radius 2 is 2.27 bits per heavy atom. The van der Waals surface area contributed by atoms with Crippen molar-refractivity contribution in [1.29, 1.82) is 0 Å². The van der Waals surface area contributed by atoms with E-state index in [4.69, 9.17) is 0 Å². The highest BCUT2D eigenvalue weighted by Gasteiger charge is 2.17. The van der Waals surface area contributed by atoms with Crippen molar-refractivity contribution >= 4 is 44.2 Å². The number of benzene rings is 1. The van der Waals surface area contributed by atoms with Gasteiger partial charge in [0, 0.05) is 21.5 Å². The zero-order valence-corrected chi connectivity index (χ0v) is 11.9. The minimum absolute atomic E-state index is 0.708. The highest BCUT2D eigenvalue weighted by Crippen LogP contribution is 2.29. The molecule has 0 saturated heterocycles. The van der Waals surface area contributed by atoms with Crippen LogP contribution in [0.1, 0.15) is 5.56 Å². The van der Waals surface area contributed by atoms with Gasteiger partial charge in [-0.15, -0.1) is 0 Å². The Morgan fingerprint density at radius 3 is 2.87 bits per heavy atom. The zero-order valence-electron chi connectivity index (χ0n) is 8.19. The van der Waals surface area contributed by atoms with Gasteiger partial charge in [-0.2, -0.15) is 0 Å². The third-order valence-corrected chi connectivity index (χ3v) is 3.72. The van der Waals surface area contributed by atoms with Crippen molar-refractivity contribution in [1.82, 2.24) is 5.01 Å². The molecule has 15 heavy (non-hydrogen) atoms. The molecule has 0 unspecified atom stereocenters. The van der Waals surface area contributed by atoms with E-state index in [-0.39, 0.29) is 0 Å².